The lowest BCUT2D eigenvalue weighted by atomic mass is 9.70. The van der Waals surface area contributed by atoms with Crippen LogP contribution < -0.4 is 0 Å². The molecule has 0 amide bonds. The van der Waals surface area contributed by atoms with Crippen LogP contribution in [0.1, 0.15) is 79.1 Å². The Kier molecular flexibility index (Phi) is 13.2. The van der Waals surface area contributed by atoms with Crippen molar-refractivity contribution in [2.24, 2.45) is 5.41 Å². The van der Waals surface area contributed by atoms with Crippen LogP contribution >= 0.6 is 8.53 Å². The Labute approximate surface area is 184 Å². The number of unbranched alkanes of at least 4 members (excludes halogenated alkanes) is 4. The van der Waals surface area contributed by atoms with Crippen molar-refractivity contribution in [1.29, 1.82) is 0 Å². The maximum Gasteiger partial charge on any atom is 0.303 e. The molecule has 0 N–H and O–H groups in total. The predicted molar refractivity (Wildman–Crippen MR) is 119 cm³/mol. The van der Waals surface area contributed by atoms with Gasteiger partial charge in [0.05, 0.1) is 25.2 Å². The van der Waals surface area contributed by atoms with Gasteiger partial charge in [0.2, 0.25) is 0 Å². The average molecular weight is 448 g/mol. The molecule has 2 unspecified atom stereocenters. The highest BCUT2D eigenvalue weighted by molar-refractivity contribution is 7.44. The number of hydrogen-bond donors (Lipinski definition) is 0. The molecule has 176 valence electrons. The lowest BCUT2D eigenvalue weighted by Crippen LogP contribution is -2.49. The van der Waals surface area contributed by atoms with Gasteiger partial charge in [0.1, 0.15) is 11.9 Å². The molecule has 30 heavy (non-hydrogen) atoms. The second-order valence-corrected chi connectivity index (χ2v) is 10.2. The van der Waals surface area contributed by atoms with Gasteiger partial charge in [-0.25, -0.2) is 4.67 Å². The van der Waals surface area contributed by atoms with E-state index < -0.39 is 19.5 Å². The van der Waals surface area contributed by atoms with E-state index in [0.717, 1.165) is 57.9 Å². The number of nitrogens with zero attached hydrogens (tertiary/aromatic N) is 1. The molecular formula is C22H42NO6P. The number of ether oxygens (including phenoxy) is 2. The number of carbonyl (C=O) groups is 2. The highest BCUT2D eigenvalue weighted by Crippen LogP contribution is 2.43. The van der Waals surface area contributed by atoms with Gasteiger partial charge in [-0.15, -0.1) is 0 Å². The third kappa shape index (κ3) is 8.88. The minimum absolute atomic E-state index is 0.327. The van der Waals surface area contributed by atoms with Crippen molar-refractivity contribution >= 4 is 20.8 Å². The number of morpholine rings is 1. The molecule has 0 aliphatic carbocycles. The van der Waals surface area contributed by atoms with Crippen molar-refractivity contribution in [3.05, 3.63) is 0 Å². The molecule has 0 aromatic carbocycles. The quantitative estimate of drug-likeness (QED) is 0.145. The molecule has 0 bridgehead atoms. The van der Waals surface area contributed by atoms with Gasteiger partial charge >= 0.3 is 5.97 Å². The molecule has 1 aliphatic heterocycles. The number of hydrogen-bond acceptors (Lipinski definition) is 7. The summed E-state index contributed by atoms with van der Waals surface area (Å²) in [6.07, 6.45) is 8.24. The highest BCUT2D eigenvalue weighted by Gasteiger charge is 2.47. The first kappa shape index (κ1) is 27.4. The largest absolute Gasteiger partial charge is 0.458 e. The van der Waals surface area contributed by atoms with Crippen molar-refractivity contribution in [2.45, 2.75) is 84.7 Å². The fraction of sp³-hybridized carbons (Fsp3) is 0.909. The molecule has 1 fully saturated rings. The summed E-state index contributed by atoms with van der Waals surface area (Å²) in [5.41, 5.74) is -1.51. The molecule has 8 heteroatoms. The van der Waals surface area contributed by atoms with Gasteiger partial charge in [0.25, 0.3) is 8.53 Å². The molecule has 0 saturated carbocycles. The zero-order valence-electron chi connectivity index (χ0n) is 19.6. The summed E-state index contributed by atoms with van der Waals surface area (Å²) in [7, 11) is 0.614. The van der Waals surface area contributed by atoms with Crippen LogP contribution in [0.3, 0.4) is 0 Å². The van der Waals surface area contributed by atoms with Gasteiger partial charge in [-0.3, -0.25) is 4.79 Å². The van der Waals surface area contributed by atoms with Crippen molar-refractivity contribution in [1.82, 2.24) is 4.67 Å². The van der Waals surface area contributed by atoms with Crippen molar-refractivity contribution in [3.63, 3.8) is 0 Å². The van der Waals surface area contributed by atoms with Crippen LogP contribution in [0.25, 0.3) is 0 Å². The summed E-state index contributed by atoms with van der Waals surface area (Å²) in [6.45, 7) is 11.0. The van der Waals surface area contributed by atoms with E-state index in [1.54, 1.807) is 7.11 Å². The monoisotopic (exact) mass is 447 g/mol. The third-order valence-electron chi connectivity index (χ3n) is 5.79. The first-order chi connectivity index (χ1) is 14.3. The third-order valence-corrected chi connectivity index (χ3v) is 7.37. The molecule has 7 nitrogen and oxygen atoms in total. The maximum absolute atomic E-state index is 11.9. The fourth-order valence-corrected chi connectivity index (χ4v) is 5.12. The number of esters is 1. The molecular weight excluding hydrogens is 405 g/mol. The topological polar surface area (TPSA) is 74.3 Å². The van der Waals surface area contributed by atoms with Crippen LogP contribution in [-0.4, -0.2) is 62.5 Å². The predicted octanol–water partition coefficient (Wildman–Crippen LogP) is 4.88. The summed E-state index contributed by atoms with van der Waals surface area (Å²) in [5, 5.41) is 0. The van der Waals surface area contributed by atoms with E-state index in [1.807, 2.05) is 13.8 Å². The van der Waals surface area contributed by atoms with Gasteiger partial charge in [-0.1, -0.05) is 26.2 Å². The Morgan fingerprint density at radius 2 is 1.73 bits per heavy atom. The minimum atomic E-state index is -1.06. The summed E-state index contributed by atoms with van der Waals surface area (Å²) in [6, 6.07) is 0. The average Bonchev–Trinajstić information content (AvgIpc) is 2.73. The maximum atomic E-state index is 11.9. The number of carbonyl (C=O) groups excluding carboxylic acids is 2. The Bertz CT molecular complexity index is 498. The normalized spacial score (nSPS) is 18.6. The number of rotatable bonds is 16. The van der Waals surface area contributed by atoms with Crippen LogP contribution in [0.5, 0.6) is 0 Å². The van der Waals surface area contributed by atoms with E-state index in [4.69, 9.17) is 18.5 Å². The van der Waals surface area contributed by atoms with E-state index in [9.17, 15) is 9.59 Å². The van der Waals surface area contributed by atoms with Crippen molar-refractivity contribution < 1.29 is 28.1 Å². The lowest BCUT2D eigenvalue weighted by Gasteiger charge is -2.43. The Balaban J connectivity index is 2.64. The Hall–Kier alpha value is -0.590. The van der Waals surface area contributed by atoms with E-state index >= 15 is 0 Å². The van der Waals surface area contributed by atoms with Crippen molar-refractivity contribution in [3.8, 4) is 0 Å². The molecule has 0 spiro atoms. The summed E-state index contributed by atoms with van der Waals surface area (Å²) < 4.78 is 25.0. The standard InChI is InChI=1S/C22H42NO6P/c1-6-7-8-9-12-22(29-20(2)25,21(3,4)19-24)13-10-11-16-28-30(26-5)23-14-17-27-18-15-23/h19H,6-18H2,1-5H3. The molecule has 1 saturated heterocycles. The lowest BCUT2D eigenvalue weighted by molar-refractivity contribution is -0.176. The van der Waals surface area contributed by atoms with E-state index in [0.29, 0.717) is 32.7 Å². The van der Waals surface area contributed by atoms with Gasteiger partial charge < -0.3 is 23.3 Å². The number of aldehydes is 1. The van der Waals surface area contributed by atoms with Crippen LogP contribution in [0.4, 0.5) is 0 Å². The molecule has 1 rings (SSSR count). The first-order valence-corrected chi connectivity index (χ1v) is 12.4. The van der Waals surface area contributed by atoms with Crippen LogP contribution in [0, 0.1) is 5.41 Å². The minimum Gasteiger partial charge on any atom is -0.458 e. The molecule has 2 atom stereocenters. The van der Waals surface area contributed by atoms with E-state index in [-0.39, 0.29) is 5.97 Å². The molecule has 0 radical (unpaired) electrons. The Morgan fingerprint density at radius 3 is 2.27 bits per heavy atom. The molecule has 1 heterocycles. The van der Waals surface area contributed by atoms with E-state index in [1.165, 1.54) is 6.92 Å². The fourth-order valence-electron chi connectivity index (χ4n) is 3.84. The van der Waals surface area contributed by atoms with Crippen LogP contribution in [0.2, 0.25) is 0 Å². The van der Waals surface area contributed by atoms with E-state index in [2.05, 4.69) is 11.6 Å². The zero-order chi connectivity index (χ0) is 22.5. The zero-order valence-corrected chi connectivity index (χ0v) is 20.5. The van der Waals surface area contributed by atoms with Gasteiger partial charge in [-0.05, 0) is 46.0 Å². The highest BCUT2D eigenvalue weighted by atomic mass is 31.2. The second-order valence-electron chi connectivity index (χ2n) is 8.51. The Morgan fingerprint density at radius 1 is 1.10 bits per heavy atom. The first-order valence-electron chi connectivity index (χ1n) is 11.3. The summed E-state index contributed by atoms with van der Waals surface area (Å²) >= 11 is 0. The van der Waals surface area contributed by atoms with Gasteiger partial charge in [0.15, 0.2) is 0 Å². The van der Waals surface area contributed by atoms with Crippen LogP contribution in [0.15, 0.2) is 0 Å². The van der Waals surface area contributed by atoms with Gasteiger partial charge in [-0.2, -0.15) is 0 Å². The molecule has 1 aliphatic rings. The smallest absolute Gasteiger partial charge is 0.303 e. The summed E-state index contributed by atoms with van der Waals surface area (Å²) in [4.78, 5) is 23.8. The second kappa shape index (κ2) is 14.5. The molecule has 0 aromatic heterocycles. The van der Waals surface area contributed by atoms with Gasteiger partial charge in [0, 0.05) is 27.1 Å². The SMILES string of the molecule is CCCCCCC(CCCCOP(OC)N1CCOCC1)(OC(C)=O)C(C)(C)C=O. The van der Waals surface area contributed by atoms with Crippen molar-refractivity contribution in [2.75, 3.05) is 40.0 Å². The van der Waals surface area contributed by atoms with Crippen LogP contribution in [-0.2, 0) is 28.1 Å². The summed E-state index contributed by atoms with van der Waals surface area (Å²) in [5.74, 6) is -0.327. The molecule has 0 aromatic rings.